The molecule has 16 heavy (non-hydrogen) atoms. The van der Waals surface area contributed by atoms with Crippen LogP contribution in [0.4, 0.5) is 0 Å². The Morgan fingerprint density at radius 1 is 1.44 bits per heavy atom. The Labute approximate surface area is 98.1 Å². The van der Waals surface area contributed by atoms with Crippen molar-refractivity contribution in [3.8, 4) is 0 Å². The molecular weight excluding hydrogens is 204 g/mol. The van der Waals surface area contributed by atoms with Gasteiger partial charge in [0.25, 0.3) is 0 Å². The van der Waals surface area contributed by atoms with Crippen molar-refractivity contribution in [2.75, 3.05) is 20.3 Å². The molecular formula is C12H24N2O2. The lowest BCUT2D eigenvalue weighted by Crippen LogP contribution is -2.59. The van der Waals surface area contributed by atoms with Gasteiger partial charge in [-0.3, -0.25) is 4.79 Å². The van der Waals surface area contributed by atoms with Gasteiger partial charge in [-0.15, -0.1) is 0 Å². The summed E-state index contributed by atoms with van der Waals surface area (Å²) in [6.45, 7) is 7.78. The standard InChI is InChI=1S/C12H24N2O2/c1-11(2,3)14-12(8-10(15)13-4)6-5-7-16-9-12/h14H,5-9H2,1-4H3,(H,13,15). The zero-order chi connectivity index (χ0) is 12.2. The van der Waals surface area contributed by atoms with Crippen LogP contribution in [0, 0.1) is 0 Å². The fourth-order valence-electron chi connectivity index (χ4n) is 2.33. The fourth-order valence-corrected chi connectivity index (χ4v) is 2.33. The summed E-state index contributed by atoms with van der Waals surface area (Å²) in [6, 6.07) is 0. The van der Waals surface area contributed by atoms with E-state index in [0.717, 1.165) is 19.4 Å². The van der Waals surface area contributed by atoms with Crippen LogP contribution in [-0.2, 0) is 9.53 Å². The summed E-state index contributed by atoms with van der Waals surface area (Å²) < 4.78 is 5.53. The number of carbonyl (C=O) groups excluding carboxylic acids is 1. The Morgan fingerprint density at radius 2 is 2.12 bits per heavy atom. The maximum Gasteiger partial charge on any atom is 0.221 e. The van der Waals surface area contributed by atoms with Gasteiger partial charge in [0.1, 0.15) is 0 Å². The van der Waals surface area contributed by atoms with Gasteiger partial charge < -0.3 is 15.4 Å². The molecule has 0 saturated carbocycles. The number of nitrogens with one attached hydrogen (secondary N) is 2. The van der Waals surface area contributed by atoms with Crippen molar-refractivity contribution in [2.24, 2.45) is 0 Å². The van der Waals surface area contributed by atoms with E-state index in [-0.39, 0.29) is 17.0 Å². The average molecular weight is 228 g/mol. The van der Waals surface area contributed by atoms with Crippen LogP contribution in [0.3, 0.4) is 0 Å². The first-order valence-corrected chi connectivity index (χ1v) is 5.95. The van der Waals surface area contributed by atoms with Gasteiger partial charge in [-0.05, 0) is 33.6 Å². The Morgan fingerprint density at radius 3 is 2.56 bits per heavy atom. The third-order valence-electron chi connectivity index (χ3n) is 2.74. The first-order chi connectivity index (χ1) is 7.37. The second-order valence-electron chi connectivity index (χ2n) is 5.66. The maximum atomic E-state index is 11.6. The summed E-state index contributed by atoms with van der Waals surface area (Å²) in [5.74, 6) is 0.0715. The van der Waals surface area contributed by atoms with Gasteiger partial charge in [0, 0.05) is 25.6 Å². The van der Waals surface area contributed by atoms with Crippen molar-refractivity contribution in [1.82, 2.24) is 10.6 Å². The summed E-state index contributed by atoms with van der Waals surface area (Å²) in [6.07, 6.45) is 2.50. The lowest BCUT2D eigenvalue weighted by Gasteiger charge is -2.42. The van der Waals surface area contributed by atoms with Gasteiger partial charge in [0.05, 0.1) is 12.1 Å². The minimum atomic E-state index is -0.198. The van der Waals surface area contributed by atoms with Gasteiger partial charge in [0.15, 0.2) is 0 Å². The normalized spacial score (nSPS) is 26.5. The lowest BCUT2D eigenvalue weighted by atomic mass is 9.86. The molecule has 1 rings (SSSR count). The van der Waals surface area contributed by atoms with Gasteiger partial charge in [-0.1, -0.05) is 0 Å². The summed E-state index contributed by atoms with van der Waals surface area (Å²) >= 11 is 0. The highest BCUT2D eigenvalue weighted by molar-refractivity contribution is 5.76. The predicted octanol–water partition coefficient (Wildman–Crippen LogP) is 1.06. The molecule has 1 amide bonds. The van der Waals surface area contributed by atoms with Crippen LogP contribution in [-0.4, -0.2) is 37.2 Å². The van der Waals surface area contributed by atoms with Gasteiger partial charge in [-0.2, -0.15) is 0 Å². The largest absolute Gasteiger partial charge is 0.380 e. The molecule has 2 N–H and O–H groups in total. The number of ether oxygens (including phenoxy) is 1. The number of rotatable bonds is 3. The van der Waals surface area contributed by atoms with Crippen LogP contribution in [0.5, 0.6) is 0 Å². The summed E-state index contributed by atoms with van der Waals surface area (Å²) in [5, 5.41) is 6.24. The van der Waals surface area contributed by atoms with Crippen LogP contribution >= 0.6 is 0 Å². The number of hydrogen-bond acceptors (Lipinski definition) is 3. The van der Waals surface area contributed by atoms with Crippen molar-refractivity contribution < 1.29 is 9.53 Å². The van der Waals surface area contributed by atoms with E-state index < -0.39 is 0 Å². The molecule has 0 spiro atoms. The zero-order valence-electron chi connectivity index (χ0n) is 10.9. The van der Waals surface area contributed by atoms with Crippen molar-refractivity contribution in [2.45, 2.75) is 51.1 Å². The zero-order valence-corrected chi connectivity index (χ0v) is 10.9. The van der Waals surface area contributed by atoms with Crippen LogP contribution in [0.1, 0.15) is 40.0 Å². The molecule has 1 unspecified atom stereocenters. The highest BCUT2D eigenvalue weighted by atomic mass is 16.5. The second kappa shape index (κ2) is 5.15. The minimum Gasteiger partial charge on any atom is -0.380 e. The molecule has 0 aliphatic carbocycles. The highest BCUT2D eigenvalue weighted by Crippen LogP contribution is 2.25. The van der Waals surface area contributed by atoms with Crippen molar-refractivity contribution in [3.63, 3.8) is 0 Å². The average Bonchev–Trinajstić information content (AvgIpc) is 2.15. The number of amides is 1. The third-order valence-corrected chi connectivity index (χ3v) is 2.74. The third kappa shape index (κ3) is 4.10. The molecule has 1 aliphatic heterocycles. The molecule has 1 aliphatic rings. The maximum absolute atomic E-state index is 11.6. The highest BCUT2D eigenvalue weighted by Gasteiger charge is 2.37. The van der Waals surface area contributed by atoms with Crippen LogP contribution in [0.15, 0.2) is 0 Å². The molecule has 0 aromatic rings. The molecule has 4 heteroatoms. The van der Waals surface area contributed by atoms with Crippen molar-refractivity contribution >= 4 is 5.91 Å². The molecule has 0 bridgehead atoms. The minimum absolute atomic E-state index is 0.00524. The van der Waals surface area contributed by atoms with E-state index in [1.54, 1.807) is 7.05 Å². The Hall–Kier alpha value is -0.610. The molecule has 0 aromatic heterocycles. The first-order valence-electron chi connectivity index (χ1n) is 5.95. The molecule has 1 atom stereocenters. The Bertz CT molecular complexity index is 240. The Balaban J connectivity index is 2.71. The summed E-state index contributed by atoms with van der Waals surface area (Å²) in [7, 11) is 1.68. The Kier molecular flexibility index (Phi) is 4.33. The predicted molar refractivity (Wildman–Crippen MR) is 64.4 cm³/mol. The SMILES string of the molecule is CNC(=O)CC1(NC(C)(C)C)CCCOC1. The van der Waals surface area contributed by atoms with Gasteiger partial charge in [0.2, 0.25) is 5.91 Å². The van der Waals surface area contributed by atoms with E-state index in [0.29, 0.717) is 13.0 Å². The molecule has 4 nitrogen and oxygen atoms in total. The fraction of sp³-hybridized carbons (Fsp3) is 0.917. The lowest BCUT2D eigenvalue weighted by molar-refractivity contribution is -0.124. The van der Waals surface area contributed by atoms with E-state index in [2.05, 4.69) is 31.4 Å². The number of hydrogen-bond donors (Lipinski definition) is 2. The van der Waals surface area contributed by atoms with Crippen molar-refractivity contribution in [3.05, 3.63) is 0 Å². The smallest absolute Gasteiger partial charge is 0.221 e. The molecule has 0 aromatic carbocycles. The first kappa shape index (κ1) is 13.5. The monoisotopic (exact) mass is 228 g/mol. The molecule has 94 valence electrons. The van der Waals surface area contributed by atoms with Gasteiger partial charge in [-0.25, -0.2) is 0 Å². The molecule has 1 fully saturated rings. The molecule has 0 radical (unpaired) electrons. The van der Waals surface area contributed by atoms with E-state index >= 15 is 0 Å². The second-order valence-corrected chi connectivity index (χ2v) is 5.66. The summed E-state index contributed by atoms with van der Waals surface area (Å²) in [4.78, 5) is 11.6. The summed E-state index contributed by atoms with van der Waals surface area (Å²) in [5.41, 5.74) is -0.203. The van der Waals surface area contributed by atoms with E-state index in [1.165, 1.54) is 0 Å². The number of carbonyl (C=O) groups is 1. The van der Waals surface area contributed by atoms with E-state index in [9.17, 15) is 4.79 Å². The van der Waals surface area contributed by atoms with E-state index in [1.807, 2.05) is 0 Å². The van der Waals surface area contributed by atoms with Gasteiger partial charge >= 0.3 is 0 Å². The van der Waals surface area contributed by atoms with E-state index in [4.69, 9.17) is 4.74 Å². The topological polar surface area (TPSA) is 50.4 Å². The molecule has 1 saturated heterocycles. The quantitative estimate of drug-likeness (QED) is 0.759. The van der Waals surface area contributed by atoms with Crippen LogP contribution < -0.4 is 10.6 Å². The van der Waals surface area contributed by atoms with Crippen LogP contribution in [0.25, 0.3) is 0 Å². The van der Waals surface area contributed by atoms with Crippen LogP contribution in [0.2, 0.25) is 0 Å². The molecule has 1 heterocycles. The van der Waals surface area contributed by atoms with Crippen molar-refractivity contribution in [1.29, 1.82) is 0 Å².